The summed E-state index contributed by atoms with van der Waals surface area (Å²) in [5, 5.41) is 11.7. The minimum atomic E-state index is -0.250. The molecule has 2 aliphatic rings. The van der Waals surface area contributed by atoms with E-state index in [1.807, 2.05) is 18.3 Å². The number of anilines is 1. The van der Waals surface area contributed by atoms with Gasteiger partial charge in [-0.1, -0.05) is 29.8 Å². The van der Waals surface area contributed by atoms with E-state index in [0.29, 0.717) is 16.0 Å². The van der Waals surface area contributed by atoms with Crippen LogP contribution < -0.4 is 16.2 Å². The minimum absolute atomic E-state index is 0.0627. The maximum atomic E-state index is 13.1. The zero-order valence-corrected chi connectivity index (χ0v) is 19.9. The third-order valence-corrected chi connectivity index (χ3v) is 8.40. The SMILES string of the molecule is Cn1c(N2CCC3(CCC[C@H]3N)CC2)ncc(Sc2ccn3nccc3c2Cl)c1=O.O=CO. The Hall–Kier alpha value is -2.56. The van der Waals surface area contributed by atoms with Crippen molar-refractivity contribution in [2.75, 3.05) is 18.0 Å². The summed E-state index contributed by atoms with van der Waals surface area (Å²) in [5.74, 6) is 0.725. The summed E-state index contributed by atoms with van der Waals surface area (Å²) in [4.78, 5) is 29.7. The molecule has 1 atom stereocenters. The highest BCUT2D eigenvalue weighted by Gasteiger charge is 2.43. The average molecular weight is 491 g/mol. The number of aromatic nitrogens is 4. The number of nitrogens with two attached hydrogens (primary N) is 1. The number of hydrogen-bond acceptors (Lipinski definition) is 7. The van der Waals surface area contributed by atoms with E-state index < -0.39 is 0 Å². The first-order valence-electron chi connectivity index (χ1n) is 10.8. The molecule has 176 valence electrons. The van der Waals surface area contributed by atoms with Crippen LogP contribution in [0.5, 0.6) is 0 Å². The summed E-state index contributed by atoms with van der Waals surface area (Å²) >= 11 is 7.86. The monoisotopic (exact) mass is 490 g/mol. The lowest BCUT2D eigenvalue weighted by Crippen LogP contribution is -2.48. The van der Waals surface area contributed by atoms with Crippen LogP contribution in [-0.2, 0) is 11.8 Å². The van der Waals surface area contributed by atoms with Gasteiger partial charge in [0.25, 0.3) is 12.0 Å². The molecule has 3 N–H and O–H groups in total. The van der Waals surface area contributed by atoms with Gasteiger partial charge < -0.3 is 15.7 Å². The normalized spacial score (nSPS) is 19.5. The van der Waals surface area contributed by atoms with Crippen LogP contribution in [0.2, 0.25) is 5.02 Å². The number of piperidine rings is 1. The average Bonchev–Trinajstić information content (AvgIpc) is 3.42. The fourth-order valence-corrected chi connectivity index (χ4v) is 6.18. The van der Waals surface area contributed by atoms with Crippen molar-refractivity contribution in [3.63, 3.8) is 0 Å². The molecule has 5 rings (SSSR count). The molecular weight excluding hydrogens is 464 g/mol. The Kier molecular flexibility index (Phi) is 6.96. The number of fused-ring (bicyclic) bond motifs is 1. The first-order chi connectivity index (χ1) is 15.9. The van der Waals surface area contributed by atoms with Gasteiger partial charge in [-0.15, -0.1) is 0 Å². The van der Waals surface area contributed by atoms with E-state index in [1.54, 1.807) is 28.5 Å². The summed E-state index contributed by atoms with van der Waals surface area (Å²) < 4.78 is 3.37. The molecule has 11 heteroatoms. The van der Waals surface area contributed by atoms with Gasteiger partial charge in [0.05, 0.1) is 27.8 Å². The van der Waals surface area contributed by atoms with Gasteiger partial charge in [0, 0.05) is 37.3 Å². The van der Waals surface area contributed by atoms with E-state index in [1.165, 1.54) is 24.6 Å². The third kappa shape index (κ3) is 4.47. The van der Waals surface area contributed by atoms with E-state index in [-0.39, 0.29) is 17.4 Å². The molecule has 0 unspecified atom stereocenters. The van der Waals surface area contributed by atoms with Gasteiger partial charge in [0.1, 0.15) is 0 Å². The zero-order chi connectivity index (χ0) is 23.6. The number of carbonyl (C=O) groups is 1. The van der Waals surface area contributed by atoms with Crippen molar-refractivity contribution in [3.8, 4) is 0 Å². The van der Waals surface area contributed by atoms with Crippen LogP contribution in [0, 0.1) is 5.41 Å². The highest BCUT2D eigenvalue weighted by molar-refractivity contribution is 7.99. The third-order valence-electron chi connectivity index (χ3n) is 6.83. The molecule has 0 aromatic carbocycles. The number of carboxylic acid groups (broad SMARTS) is 1. The summed E-state index contributed by atoms with van der Waals surface area (Å²) in [5.41, 5.74) is 7.45. The van der Waals surface area contributed by atoms with Crippen molar-refractivity contribution >= 4 is 41.3 Å². The van der Waals surface area contributed by atoms with Gasteiger partial charge in [0.2, 0.25) is 5.95 Å². The number of rotatable bonds is 3. The molecule has 4 heterocycles. The van der Waals surface area contributed by atoms with Crippen LogP contribution in [0.25, 0.3) is 5.52 Å². The van der Waals surface area contributed by atoms with Gasteiger partial charge >= 0.3 is 0 Å². The molecule has 0 amide bonds. The predicted octanol–water partition coefficient (Wildman–Crippen LogP) is 3.03. The standard InChI is InChI=1S/C21H25ClN6OS.CH2O2/c1-26-19(29)16(30-15-5-10-28-14(18(15)22)4-9-25-28)13-24-20(26)27-11-7-21(8-12-27)6-2-3-17(21)23;2-1-3/h4-5,9-10,13,17H,2-3,6-8,11-12,23H2,1H3;1H,(H,2,3)/t17-;/m1./s1. The molecule has 1 saturated carbocycles. The maximum Gasteiger partial charge on any atom is 0.290 e. The van der Waals surface area contributed by atoms with Crippen LogP contribution in [0.4, 0.5) is 5.95 Å². The van der Waals surface area contributed by atoms with Crippen LogP contribution in [0.1, 0.15) is 32.1 Å². The maximum absolute atomic E-state index is 13.1. The van der Waals surface area contributed by atoms with Crippen LogP contribution in [0.3, 0.4) is 0 Å². The Labute approximate surface area is 200 Å². The summed E-state index contributed by atoms with van der Waals surface area (Å²) in [6.45, 7) is 1.54. The van der Waals surface area contributed by atoms with Gasteiger partial charge in [-0.3, -0.25) is 14.2 Å². The second-order valence-electron chi connectivity index (χ2n) is 8.50. The number of hydrogen-bond donors (Lipinski definition) is 2. The predicted molar refractivity (Wildman–Crippen MR) is 128 cm³/mol. The molecule has 0 radical (unpaired) electrons. The van der Waals surface area contributed by atoms with E-state index in [9.17, 15) is 4.79 Å². The van der Waals surface area contributed by atoms with Crippen molar-refractivity contribution in [2.24, 2.45) is 18.2 Å². The Morgan fingerprint density at radius 2 is 2.00 bits per heavy atom. The first kappa shape index (κ1) is 23.6. The Bertz CT molecular complexity index is 1200. The molecule has 1 spiro atoms. The van der Waals surface area contributed by atoms with Crippen molar-refractivity contribution in [3.05, 3.63) is 46.1 Å². The van der Waals surface area contributed by atoms with Gasteiger partial charge in [0.15, 0.2) is 0 Å². The molecule has 1 saturated heterocycles. The lowest BCUT2D eigenvalue weighted by Gasteiger charge is -2.42. The quantitative estimate of drug-likeness (QED) is 0.538. The first-order valence-corrected chi connectivity index (χ1v) is 12.0. The Morgan fingerprint density at radius 1 is 1.27 bits per heavy atom. The van der Waals surface area contributed by atoms with E-state index in [2.05, 4.69) is 15.0 Å². The summed E-state index contributed by atoms with van der Waals surface area (Å²) in [7, 11) is 1.79. The smallest absolute Gasteiger partial charge is 0.290 e. The molecule has 1 aliphatic carbocycles. The Balaban J connectivity index is 0.000000821. The fraction of sp³-hybridized carbons (Fsp3) is 0.455. The molecule has 0 bridgehead atoms. The molecule has 1 aliphatic heterocycles. The van der Waals surface area contributed by atoms with Crippen molar-refractivity contribution in [2.45, 2.75) is 47.9 Å². The minimum Gasteiger partial charge on any atom is -0.483 e. The highest BCUT2D eigenvalue weighted by Crippen LogP contribution is 2.45. The lowest BCUT2D eigenvalue weighted by atomic mass is 9.74. The zero-order valence-electron chi connectivity index (χ0n) is 18.4. The fourth-order valence-electron chi connectivity index (χ4n) is 4.96. The number of pyridine rings is 1. The second kappa shape index (κ2) is 9.74. The van der Waals surface area contributed by atoms with Crippen LogP contribution in [-0.4, -0.2) is 49.9 Å². The highest BCUT2D eigenvalue weighted by atomic mass is 35.5. The lowest BCUT2D eigenvalue weighted by molar-refractivity contribution is -0.122. The number of halogens is 1. The second-order valence-corrected chi connectivity index (χ2v) is 9.96. The van der Waals surface area contributed by atoms with Crippen LogP contribution in [0.15, 0.2) is 45.3 Å². The number of nitrogens with zero attached hydrogens (tertiary/aromatic N) is 5. The summed E-state index contributed by atoms with van der Waals surface area (Å²) in [6.07, 6.45) is 11.0. The largest absolute Gasteiger partial charge is 0.483 e. The molecule has 2 fully saturated rings. The van der Waals surface area contributed by atoms with Gasteiger partial charge in [-0.05, 0) is 43.2 Å². The van der Waals surface area contributed by atoms with Crippen molar-refractivity contribution < 1.29 is 9.90 Å². The summed E-state index contributed by atoms with van der Waals surface area (Å²) in [6, 6.07) is 4.04. The Morgan fingerprint density at radius 3 is 2.67 bits per heavy atom. The van der Waals surface area contributed by atoms with E-state index in [4.69, 9.17) is 27.2 Å². The van der Waals surface area contributed by atoms with E-state index in [0.717, 1.165) is 48.7 Å². The van der Waals surface area contributed by atoms with Crippen molar-refractivity contribution in [1.82, 2.24) is 19.2 Å². The molecule has 9 nitrogen and oxygen atoms in total. The molecule has 3 aromatic heterocycles. The van der Waals surface area contributed by atoms with Crippen molar-refractivity contribution in [1.29, 1.82) is 0 Å². The van der Waals surface area contributed by atoms with Gasteiger partial charge in [-0.25, -0.2) is 9.50 Å². The molecule has 3 aromatic rings. The van der Waals surface area contributed by atoms with Gasteiger partial charge in [-0.2, -0.15) is 5.10 Å². The molecule has 33 heavy (non-hydrogen) atoms. The topological polar surface area (TPSA) is 119 Å². The van der Waals surface area contributed by atoms with E-state index >= 15 is 0 Å². The van der Waals surface area contributed by atoms with Crippen LogP contribution >= 0.6 is 23.4 Å². The molecular formula is C22H27ClN6O3S.